The van der Waals surface area contributed by atoms with Crippen LogP contribution in [0.3, 0.4) is 0 Å². The summed E-state index contributed by atoms with van der Waals surface area (Å²) in [4.78, 5) is 27.9. The van der Waals surface area contributed by atoms with Crippen LogP contribution in [0.2, 0.25) is 15.1 Å². The Labute approximate surface area is 214 Å². The number of halogens is 3. The third-order valence-electron chi connectivity index (χ3n) is 5.37. The van der Waals surface area contributed by atoms with Crippen molar-refractivity contribution < 1.29 is 14.3 Å². The molecule has 178 valence electrons. The second-order valence-electron chi connectivity index (χ2n) is 7.78. The van der Waals surface area contributed by atoms with Crippen molar-refractivity contribution in [1.29, 1.82) is 0 Å². The highest BCUT2D eigenvalue weighted by atomic mass is 35.5. The number of rotatable bonds is 9. The van der Waals surface area contributed by atoms with Gasteiger partial charge in [0.1, 0.15) is 11.8 Å². The van der Waals surface area contributed by atoms with Gasteiger partial charge in [0, 0.05) is 35.1 Å². The topological polar surface area (TPSA) is 58.6 Å². The first kappa shape index (κ1) is 25.9. The SMILES string of the molecule is CNC(=O)[C@H](Cc1ccccc1)N(Cc1ccc(Cl)cc1Cl)C(=O)COc1ccc(Cl)c(C)c1. The molecule has 5 nitrogen and oxygen atoms in total. The smallest absolute Gasteiger partial charge is 0.261 e. The quantitative estimate of drug-likeness (QED) is 0.393. The minimum absolute atomic E-state index is 0.114. The van der Waals surface area contributed by atoms with E-state index in [2.05, 4.69) is 5.32 Å². The van der Waals surface area contributed by atoms with E-state index in [4.69, 9.17) is 39.5 Å². The molecule has 0 saturated carbocycles. The third-order valence-corrected chi connectivity index (χ3v) is 6.38. The van der Waals surface area contributed by atoms with Crippen molar-refractivity contribution in [2.75, 3.05) is 13.7 Å². The Balaban J connectivity index is 1.90. The molecule has 0 aliphatic carbocycles. The zero-order valence-corrected chi connectivity index (χ0v) is 21.1. The Morgan fingerprint density at radius 1 is 0.971 bits per heavy atom. The van der Waals surface area contributed by atoms with Crippen molar-refractivity contribution in [3.05, 3.63) is 98.5 Å². The second kappa shape index (κ2) is 12.1. The Kier molecular flexibility index (Phi) is 9.22. The minimum atomic E-state index is -0.776. The second-order valence-corrected chi connectivity index (χ2v) is 9.03. The molecule has 0 bridgehead atoms. The molecular weight excluding hydrogens is 495 g/mol. The normalized spacial score (nSPS) is 11.6. The lowest BCUT2D eigenvalue weighted by atomic mass is 10.0. The number of likely N-dealkylation sites (N-methyl/N-ethyl adjacent to an activating group) is 1. The lowest BCUT2D eigenvalue weighted by molar-refractivity contribution is -0.142. The molecule has 0 fully saturated rings. The monoisotopic (exact) mass is 518 g/mol. The van der Waals surface area contributed by atoms with Crippen LogP contribution in [-0.2, 0) is 22.6 Å². The van der Waals surface area contributed by atoms with Gasteiger partial charge in [0.05, 0.1) is 0 Å². The first-order chi connectivity index (χ1) is 16.3. The highest BCUT2D eigenvalue weighted by Crippen LogP contribution is 2.25. The maximum Gasteiger partial charge on any atom is 0.261 e. The Bertz CT molecular complexity index is 1160. The summed E-state index contributed by atoms with van der Waals surface area (Å²) in [6.07, 6.45) is 0.331. The summed E-state index contributed by atoms with van der Waals surface area (Å²) in [7, 11) is 1.55. The van der Waals surface area contributed by atoms with Gasteiger partial charge < -0.3 is 15.0 Å². The number of aryl methyl sites for hydroxylation is 1. The molecule has 0 radical (unpaired) electrons. The van der Waals surface area contributed by atoms with E-state index in [1.165, 1.54) is 4.90 Å². The molecule has 0 unspecified atom stereocenters. The summed E-state index contributed by atoms with van der Waals surface area (Å²) in [6.45, 7) is 1.71. The third kappa shape index (κ3) is 6.89. The van der Waals surface area contributed by atoms with Gasteiger partial charge in [0.15, 0.2) is 6.61 Å². The molecule has 1 atom stereocenters. The van der Waals surface area contributed by atoms with E-state index in [0.717, 1.165) is 11.1 Å². The van der Waals surface area contributed by atoms with Gasteiger partial charge >= 0.3 is 0 Å². The van der Waals surface area contributed by atoms with Gasteiger partial charge in [-0.05, 0) is 53.9 Å². The molecule has 0 heterocycles. The number of nitrogens with one attached hydrogen (secondary N) is 1. The Hall–Kier alpha value is -2.73. The lowest BCUT2D eigenvalue weighted by Gasteiger charge is -2.31. The lowest BCUT2D eigenvalue weighted by Crippen LogP contribution is -2.51. The highest BCUT2D eigenvalue weighted by molar-refractivity contribution is 6.35. The van der Waals surface area contributed by atoms with Gasteiger partial charge in [-0.3, -0.25) is 9.59 Å². The van der Waals surface area contributed by atoms with E-state index in [1.807, 2.05) is 37.3 Å². The van der Waals surface area contributed by atoms with Crippen LogP contribution in [0.5, 0.6) is 5.75 Å². The van der Waals surface area contributed by atoms with E-state index in [9.17, 15) is 9.59 Å². The van der Waals surface area contributed by atoms with Gasteiger partial charge in [0.25, 0.3) is 5.91 Å². The molecule has 0 aliphatic rings. The molecule has 34 heavy (non-hydrogen) atoms. The summed E-state index contributed by atoms with van der Waals surface area (Å²) in [5.41, 5.74) is 2.43. The molecule has 0 saturated heterocycles. The maximum absolute atomic E-state index is 13.4. The van der Waals surface area contributed by atoms with Gasteiger partial charge in [-0.1, -0.05) is 71.2 Å². The highest BCUT2D eigenvalue weighted by Gasteiger charge is 2.30. The van der Waals surface area contributed by atoms with Gasteiger partial charge in [-0.25, -0.2) is 0 Å². The summed E-state index contributed by atoms with van der Waals surface area (Å²) in [5.74, 6) is -0.132. The average Bonchev–Trinajstić information content (AvgIpc) is 2.83. The largest absolute Gasteiger partial charge is 0.484 e. The number of carbonyl (C=O) groups excluding carboxylic acids is 2. The van der Waals surface area contributed by atoms with Crippen LogP contribution in [0.25, 0.3) is 0 Å². The molecule has 1 N–H and O–H groups in total. The summed E-state index contributed by atoms with van der Waals surface area (Å²) >= 11 is 18.5. The van der Waals surface area contributed by atoms with E-state index < -0.39 is 6.04 Å². The van der Waals surface area contributed by atoms with Crippen molar-refractivity contribution >= 4 is 46.6 Å². The summed E-state index contributed by atoms with van der Waals surface area (Å²) in [6, 6.07) is 19.0. The van der Waals surface area contributed by atoms with E-state index in [1.54, 1.807) is 43.4 Å². The number of ether oxygens (including phenoxy) is 1. The minimum Gasteiger partial charge on any atom is -0.484 e. The van der Waals surface area contributed by atoms with Crippen LogP contribution in [0.4, 0.5) is 0 Å². The molecule has 3 rings (SSSR count). The fraction of sp³-hybridized carbons (Fsp3) is 0.231. The fourth-order valence-corrected chi connectivity index (χ4v) is 4.07. The van der Waals surface area contributed by atoms with Crippen LogP contribution in [-0.4, -0.2) is 36.4 Å². The first-order valence-electron chi connectivity index (χ1n) is 10.7. The maximum atomic E-state index is 13.4. The number of benzene rings is 3. The standard InChI is InChI=1S/C26H25Cl3N2O3/c1-17-12-21(10-11-22(17)28)34-16-25(32)31(15-19-8-9-20(27)14-23(19)29)24(26(33)30-2)13-18-6-4-3-5-7-18/h3-12,14,24H,13,15-16H2,1-2H3,(H,30,33)/t24-/m0/s1. The number of carbonyl (C=O) groups is 2. The number of hydrogen-bond donors (Lipinski definition) is 1. The van der Waals surface area contributed by atoms with Gasteiger partial charge in [-0.2, -0.15) is 0 Å². The first-order valence-corrected chi connectivity index (χ1v) is 11.8. The molecule has 0 aliphatic heterocycles. The van der Waals surface area contributed by atoms with E-state index in [0.29, 0.717) is 32.8 Å². The van der Waals surface area contributed by atoms with Crippen molar-refractivity contribution in [3.8, 4) is 5.75 Å². The Morgan fingerprint density at radius 3 is 2.35 bits per heavy atom. The summed E-state index contributed by atoms with van der Waals surface area (Å²) < 4.78 is 5.75. The molecule has 0 aromatic heterocycles. The molecule has 3 aromatic carbocycles. The Morgan fingerprint density at radius 2 is 1.71 bits per heavy atom. The van der Waals surface area contributed by atoms with Crippen molar-refractivity contribution in [1.82, 2.24) is 10.2 Å². The number of nitrogens with zero attached hydrogens (tertiary/aromatic N) is 1. The molecular formula is C26H25Cl3N2O3. The molecule has 0 spiro atoms. The predicted octanol–water partition coefficient (Wildman–Crippen LogP) is 5.72. The van der Waals surface area contributed by atoms with Crippen LogP contribution in [0.1, 0.15) is 16.7 Å². The zero-order chi connectivity index (χ0) is 24.7. The van der Waals surface area contributed by atoms with Gasteiger partial charge in [-0.15, -0.1) is 0 Å². The number of hydrogen-bond acceptors (Lipinski definition) is 3. The molecule has 2 amide bonds. The fourth-order valence-electron chi connectivity index (χ4n) is 3.49. The van der Waals surface area contributed by atoms with Crippen LogP contribution in [0, 0.1) is 6.92 Å². The average molecular weight is 520 g/mol. The van der Waals surface area contributed by atoms with Crippen molar-refractivity contribution in [3.63, 3.8) is 0 Å². The zero-order valence-electron chi connectivity index (χ0n) is 18.9. The molecule has 3 aromatic rings. The van der Waals surface area contributed by atoms with Gasteiger partial charge in [0.2, 0.25) is 5.91 Å². The van der Waals surface area contributed by atoms with Crippen molar-refractivity contribution in [2.24, 2.45) is 0 Å². The van der Waals surface area contributed by atoms with E-state index in [-0.39, 0.29) is 25.0 Å². The summed E-state index contributed by atoms with van der Waals surface area (Å²) in [5, 5.41) is 4.18. The van der Waals surface area contributed by atoms with E-state index >= 15 is 0 Å². The predicted molar refractivity (Wildman–Crippen MR) is 137 cm³/mol. The number of amides is 2. The van der Waals surface area contributed by atoms with Crippen molar-refractivity contribution in [2.45, 2.75) is 25.9 Å². The van der Waals surface area contributed by atoms with Crippen LogP contribution >= 0.6 is 34.8 Å². The van der Waals surface area contributed by atoms with Crippen LogP contribution in [0.15, 0.2) is 66.7 Å². The van der Waals surface area contributed by atoms with Crippen LogP contribution < -0.4 is 10.1 Å². The molecule has 8 heteroatoms.